The molecule has 6 nitrogen and oxygen atoms in total. The maximum Gasteiger partial charge on any atom is 0.276 e. The SMILES string of the molecule is Cc1cc(C(=O)N2CC[C@H](N(CC3CCCCC3)c3ccc(C#N)c(Cl)c3)C2)no1. The maximum absolute atomic E-state index is 12.8. The monoisotopic (exact) mass is 426 g/mol. The first-order chi connectivity index (χ1) is 14.5. The zero-order valence-corrected chi connectivity index (χ0v) is 18.1. The second-order valence-electron chi connectivity index (χ2n) is 8.45. The highest BCUT2D eigenvalue weighted by atomic mass is 35.5. The van der Waals surface area contributed by atoms with Crippen LogP contribution in [0.1, 0.15) is 60.3 Å². The highest BCUT2D eigenvalue weighted by Gasteiger charge is 2.33. The van der Waals surface area contributed by atoms with E-state index in [1.807, 2.05) is 17.0 Å². The van der Waals surface area contributed by atoms with Crippen molar-refractivity contribution in [1.82, 2.24) is 10.1 Å². The van der Waals surface area contributed by atoms with Crippen molar-refractivity contribution in [2.45, 2.75) is 51.5 Å². The topological polar surface area (TPSA) is 73.4 Å². The molecule has 4 rings (SSSR count). The molecule has 0 bridgehead atoms. The van der Waals surface area contributed by atoms with Gasteiger partial charge in [0.05, 0.1) is 10.6 Å². The van der Waals surface area contributed by atoms with Crippen molar-refractivity contribution in [2.75, 3.05) is 24.5 Å². The van der Waals surface area contributed by atoms with Crippen molar-refractivity contribution < 1.29 is 9.32 Å². The smallest absolute Gasteiger partial charge is 0.276 e. The minimum Gasteiger partial charge on any atom is -0.366 e. The highest BCUT2D eigenvalue weighted by Crippen LogP contribution is 2.32. The molecular weight excluding hydrogens is 400 g/mol. The number of hydrogen-bond donors (Lipinski definition) is 0. The van der Waals surface area contributed by atoms with Crippen molar-refractivity contribution in [3.8, 4) is 6.07 Å². The van der Waals surface area contributed by atoms with E-state index in [2.05, 4.69) is 16.1 Å². The fraction of sp³-hybridized carbons (Fsp3) is 0.522. The molecule has 2 aliphatic rings. The van der Waals surface area contributed by atoms with Gasteiger partial charge in [-0.1, -0.05) is 36.0 Å². The van der Waals surface area contributed by atoms with Gasteiger partial charge in [-0.3, -0.25) is 4.79 Å². The van der Waals surface area contributed by atoms with E-state index in [1.165, 1.54) is 32.1 Å². The Morgan fingerprint density at radius 3 is 2.77 bits per heavy atom. The molecule has 1 saturated heterocycles. The van der Waals surface area contributed by atoms with Crippen LogP contribution in [0.4, 0.5) is 5.69 Å². The first kappa shape index (κ1) is 20.7. The third-order valence-corrected chi connectivity index (χ3v) is 6.64. The van der Waals surface area contributed by atoms with Crippen LogP contribution < -0.4 is 4.90 Å². The van der Waals surface area contributed by atoms with Gasteiger partial charge in [0.1, 0.15) is 11.8 Å². The Morgan fingerprint density at radius 1 is 1.30 bits per heavy atom. The molecule has 0 N–H and O–H groups in total. The number of carbonyl (C=O) groups is 1. The van der Waals surface area contributed by atoms with Crippen LogP contribution in [-0.4, -0.2) is 41.6 Å². The molecule has 0 spiro atoms. The Kier molecular flexibility index (Phi) is 6.29. The Labute approximate surface area is 182 Å². The maximum atomic E-state index is 12.8. The van der Waals surface area contributed by atoms with Crippen LogP contribution in [0, 0.1) is 24.2 Å². The number of aromatic nitrogens is 1. The molecule has 2 heterocycles. The molecule has 158 valence electrons. The van der Waals surface area contributed by atoms with Gasteiger partial charge in [-0.25, -0.2) is 0 Å². The van der Waals surface area contributed by atoms with Crippen LogP contribution in [0.25, 0.3) is 0 Å². The van der Waals surface area contributed by atoms with Crippen LogP contribution in [0.3, 0.4) is 0 Å². The summed E-state index contributed by atoms with van der Waals surface area (Å²) in [5.41, 5.74) is 1.89. The van der Waals surface area contributed by atoms with Crippen molar-refractivity contribution in [3.63, 3.8) is 0 Å². The van der Waals surface area contributed by atoms with Crippen molar-refractivity contribution >= 4 is 23.2 Å². The minimum absolute atomic E-state index is 0.0789. The molecule has 7 heteroatoms. The molecule has 0 unspecified atom stereocenters. The molecular formula is C23H27ClN4O2. The number of aryl methyl sites for hydroxylation is 1. The van der Waals surface area contributed by atoms with Gasteiger partial charge in [-0.15, -0.1) is 0 Å². The summed E-state index contributed by atoms with van der Waals surface area (Å²) in [6.45, 7) is 4.09. The first-order valence-corrected chi connectivity index (χ1v) is 11.1. The number of rotatable bonds is 5. The number of amides is 1. The summed E-state index contributed by atoms with van der Waals surface area (Å²) in [6, 6.07) is 9.72. The van der Waals surface area contributed by atoms with Crippen LogP contribution in [0.5, 0.6) is 0 Å². The average molecular weight is 427 g/mol. The van der Waals surface area contributed by atoms with Gasteiger partial charge in [0, 0.05) is 37.4 Å². The number of nitriles is 1. The molecule has 1 aromatic heterocycles. The summed E-state index contributed by atoms with van der Waals surface area (Å²) in [4.78, 5) is 17.1. The Balaban J connectivity index is 1.54. The van der Waals surface area contributed by atoms with Crippen molar-refractivity contribution in [2.24, 2.45) is 5.92 Å². The van der Waals surface area contributed by atoms with Gasteiger partial charge in [0.2, 0.25) is 0 Å². The lowest BCUT2D eigenvalue weighted by molar-refractivity contribution is 0.0780. The van der Waals surface area contributed by atoms with Crippen LogP contribution >= 0.6 is 11.6 Å². The molecule has 1 atom stereocenters. The molecule has 1 aromatic carbocycles. The van der Waals surface area contributed by atoms with Gasteiger partial charge >= 0.3 is 0 Å². The van der Waals surface area contributed by atoms with Gasteiger partial charge in [0.25, 0.3) is 5.91 Å². The lowest BCUT2D eigenvalue weighted by Crippen LogP contribution is -2.42. The van der Waals surface area contributed by atoms with Crippen molar-refractivity contribution in [3.05, 3.63) is 46.3 Å². The number of likely N-dealkylation sites (tertiary alicyclic amines) is 1. The van der Waals surface area contributed by atoms with Crippen LogP contribution in [-0.2, 0) is 0 Å². The zero-order chi connectivity index (χ0) is 21.1. The highest BCUT2D eigenvalue weighted by molar-refractivity contribution is 6.32. The predicted molar refractivity (Wildman–Crippen MR) is 116 cm³/mol. The van der Waals surface area contributed by atoms with E-state index >= 15 is 0 Å². The van der Waals surface area contributed by atoms with E-state index < -0.39 is 0 Å². The normalized spacial score (nSPS) is 19.6. The standard InChI is InChI=1S/C23H27ClN4O2/c1-16-11-22(26-30-16)23(29)27-10-9-20(15-27)28(14-17-5-3-2-4-6-17)19-8-7-18(13-25)21(24)12-19/h7-8,11-12,17,20H,2-6,9-10,14-15H2,1H3/t20-/m0/s1. The Bertz CT molecular complexity index is 945. The average Bonchev–Trinajstić information content (AvgIpc) is 3.42. The summed E-state index contributed by atoms with van der Waals surface area (Å²) in [5, 5.41) is 13.6. The quantitative estimate of drug-likeness (QED) is 0.685. The first-order valence-electron chi connectivity index (χ1n) is 10.7. The fourth-order valence-corrected chi connectivity index (χ4v) is 4.91. The summed E-state index contributed by atoms with van der Waals surface area (Å²) in [6.07, 6.45) is 7.28. The second-order valence-corrected chi connectivity index (χ2v) is 8.86. The third-order valence-electron chi connectivity index (χ3n) is 6.32. The fourth-order valence-electron chi connectivity index (χ4n) is 4.70. The minimum atomic E-state index is -0.0789. The molecule has 1 amide bonds. The second kappa shape index (κ2) is 9.09. The number of anilines is 1. The predicted octanol–water partition coefficient (Wildman–Crippen LogP) is 4.81. The third kappa shape index (κ3) is 4.46. The molecule has 1 saturated carbocycles. The van der Waals surface area contributed by atoms with Crippen LogP contribution in [0.15, 0.2) is 28.8 Å². The number of halogens is 1. The number of carbonyl (C=O) groups excluding carboxylic acids is 1. The van der Waals surface area contributed by atoms with Gasteiger partial charge in [-0.05, 0) is 50.3 Å². The van der Waals surface area contributed by atoms with E-state index in [4.69, 9.17) is 16.1 Å². The lowest BCUT2D eigenvalue weighted by atomic mass is 9.88. The summed E-state index contributed by atoms with van der Waals surface area (Å²) in [7, 11) is 0. The number of nitrogens with zero attached hydrogens (tertiary/aromatic N) is 4. The van der Waals surface area contributed by atoms with E-state index in [0.29, 0.717) is 41.0 Å². The lowest BCUT2D eigenvalue weighted by Gasteiger charge is -2.36. The van der Waals surface area contributed by atoms with E-state index in [9.17, 15) is 10.1 Å². The van der Waals surface area contributed by atoms with Crippen LogP contribution in [0.2, 0.25) is 5.02 Å². The van der Waals surface area contributed by atoms with E-state index in [1.54, 1.807) is 19.1 Å². The Hall–Kier alpha value is -2.52. The van der Waals surface area contributed by atoms with Gasteiger partial charge in [0.15, 0.2) is 5.69 Å². The summed E-state index contributed by atoms with van der Waals surface area (Å²) in [5.74, 6) is 1.21. The Morgan fingerprint density at radius 2 is 2.10 bits per heavy atom. The van der Waals surface area contributed by atoms with E-state index in [0.717, 1.165) is 18.7 Å². The largest absolute Gasteiger partial charge is 0.366 e. The molecule has 30 heavy (non-hydrogen) atoms. The molecule has 1 aliphatic heterocycles. The number of benzene rings is 1. The molecule has 1 aliphatic carbocycles. The summed E-state index contributed by atoms with van der Waals surface area (Å²) >= 11 is 6.35. The zero-order valence-electron chi connectivity index (χ0n) is 17.3. The summed E-state index contributed by atoms with van der Waals surface area (Å²) < 4.78 is 5.08. The van der Waals surface area contributed by atoms with Gasteiger partial charge < -0.3 is 14.3 Å². The molecule has 2 aromatic rings. The molecule has 2 fully saturated rings. The van der Waals surface area contributed by atoms with E-state index in [-0.39, 0.29) is 11.9 Å². The van der Waals surface area contributed by atoms with Gasteiger partial charge in [-0.2, -0.15) is 5.26 Å². The molecule has 0 radical (unpaired) electrons. The number of hydrogen-bond acceptors (Lipinski definition) is 5. The van der Waals surface area contributed by atoms with Crippen molar-refractivity contribution in [1.29, 1.82) is 5.26 Å².